The van der Waals surface area contributed by atoms with Crippen molar-refractivity contribution in [3.8, 4) is 0 Å². The lowest BCUT2D eigenvalue weighted by Crippen LogP contribution is -2.38. The zero-order valence-electron chi connectivity index (χ0n) is 6.73. The van der Waals surface area contributed by atoms with Gasteiger partial charge in [0, 0.05) is 4.91 Å². The summed E-state index contributed by atoms with van der Waals surface area (Å²) in [5, 5.41) is 6.39. The third-order valence-corrected chi connectivity index (χ3v) is 1.84. The Morgan fingerprint density at radius 1 is 1.83 bits per heavy atom. The molecule has 1 aliphatic rings. The van der Waals surface area contributed by atoms with Crippen molar-refractivity contribution in [1.82, 2.24) is 5.32 Å². The number of ether oxygens (including phenoxy) is 1. The van der Waals surface area contributed by atoms with Crippen molar-refractivity contribution >= 4 is 5.97 Å². The number of rotatable bonds is 2. The summed E-state index contributed by atoms with van der Waals surface area (Å²) in [6.45, 7) is 0.684. The number of hydrogen-bond acceptors (Lipinski definition) is 4. The molecule has 0 aromatic rings. The highest BCUT2D eigenvalue weighted by Crippen LogP contribution is 2.12. The van der Waals surface area contributed by atoms with Gasteiger partial charge in [0.2, 0.25) is 0 Å². The first kappa shape index (κ1) is 8.83. The van der Waals surface area contributed by atoms with E-state index in [0.29, 0.717) is 13.0 Å². The normalized spacial score (nSPS) is 27.8. The van der Waals surface area contributed by atoms with Crippen molar-refractivity contribution in [2.45, 2.75) is 18.5 Å². The molecule has 0 aliphatic carbocycles. The van der Waals surface area contributed by atoms with Gasteiger partial charge in [-0.25, -0.2) is 0 Å². The molecule has 12 heavy (non-hydrogen) atoms. The minimum absolute atomic E-state index is 0.303. The van der Waals surface area contributed by atoms with Gasteiger partial charge in [0.05, 0.1) is 13.2 Å². The summed E-state index contributed by atoms with van der Waals surface area (Å²) in [6, 6.07) is -0.770. The quantitative estimate of drug-likeness (QED) is 0.278. The topological polar surface area (TPSA) is 87.1 Å². The molecule has 2 atom stereocenters. The first-order chi connectivity index (χ1) is 5.79. The fourth-order valence-corrected chi connectivity index (χ4v) is 1.25. The van der Waals surface area contributed by atoms with Gasteiger partial charge in [0.1, 0.15) is 6.04 Å². The summed E-state index contributed by atoms with van der Waals surface area (Å²) in [5.74, 6) is -0.370. The van der Waals surface area contributed by atoms with Crippen molar-refractivity contribution in [3.63, 3.8) is 0 Å². The molecule has 6 heteroatoms. The fraction of sp³-hybridized carbons (Fsp3) is 0.833. The lowest BCUT2D eigenvalue weighted by atomic mass is 10.1. The number of carbonyl (C=O) groups excluding carboxylic acids is 1. The van der Waals surface area contributed by atoms with Crippen LogP contribution in [-0.4, -0.2) is 31.7 Å². The zero-order chi connectivity index (χ0) is 8.97. The molecule has 6 nitrogen and oxygen atoms in total. The predicted octanol–water partition coefficient (Wildman–Crippen LogP) is 0.200. The van der Waals surface area contributed by atoms with Crippen LogP contribution in [0, 0.1) is 0 Å². The first-order valence-electron chi connectivity index (χ1n) is 3.65. The Hall–Kier alpha value is -1.26. The van der Waals surface area contributed by atoms with Crippen LogP contribution in [0.3, 0.4) is 0 Å². The Labute approximate surface area is 69.5 Å². The zero-order valence-corrected chi connectivity index (χ0v) is 6.73. The van der Waals surface area contributed by atoms with Crippen LogP contribution in [0.25, 0.3) is 10.4 Å². The molecule has 1 rings (SSSR count). The van der Waals surface area contributed by atoms with Gasteiger partial charge in [0.25, 0.3) is 0 Å². The second-order valence-electron chi connectivity index (χ2n) is 2.52. The lowest BCUT2D eigenvalue weighted by molar-refractivity contribution is -0.142. The van der Waals surface area contributed by atoms with Gasteiger partial charge < -0.3 is 10.1 Å². The molecule has 0 bridgehead atoms. The van der Waals surface area contributed by atoms with E-state index >= 15 is 0 Å². The molecule has 0 aromatic carbocycles. The van der Waals surface area contributed by atoms with Crippen molar-refractivity contribution in [2.75, 3.05) is 13.7 Å². The van der Waals surface area contributed by atoms with Crippen molar-refractivity contribution in [1.29, 1.82) is 0 Å². The third kappa shape index (κ3) is 1.66. The van der Waals surface area contributed by atoms with Crippen LogP contribution in [0.2, 0.25) is 0 Å². The smallest absolute Gasteiger partial charge is 0.323 e. The van der Waals surface area contributed by atoms with E-state index in [2.05, 4.69) is 20.1 Å². The maximum atomic E-state index is 11.0. The molecule has 1 N–H and O–H groups in total. The number of esters is 1. The number of carbonyl (C=O) groups is 1. The van der Waals surface area contributed by atoms with E-state index in [1.54, 1.807) is 0 Å². The van der Waals surface area contributed by atoms with E-state index in [9.17, 15) is 4.79 Å². The summed E-state index contributed by atoms with van der Waals surface area (Å²) in [4.78, 5) is 13.7. The van der Waals surface area contributed by atoms with Crippen molar-refractivity contribution in [3.05, 3.63) is 10.4 Å². The van der Waals surface area contributed by atoms with Gasteiger partial charge in [-0.2, -0.15) is 0 Å². The standard InChI is InChI=1S/C6H10N4O2/c1-12-6(11)5-4(9-10-7)2-3-8-5/h4-5,8H,2-3H2,1H3/t4?,5-/m0/s1. The Morgan fingerprint density at radius 2 is 2.58 bits per heavy atom. The Bertz CT molecular complexity index is 224. The van der Waals surface area contributed by atoms with Crippen LogP contribution in [0.15, 0.2) is 5.11 Å². The molecule has 0 spiro atoms. The summed E-state index contributed by atoms with van der Waals surface area (Å²) in [5.41, 5.74) is 8.18. The van der Waals surface area contributed by atoms with Crippen molar-refractivity contribution in [2.24, 2.45) is 5.11 Å². The number of methoxy groups -OCH3 is 1. The van der Waals surface area contributed by atoms with Crippen LogP contribution in [0.4, 0.5) is 0 Å². The van der Waals surface area contributed by atoms with Gasteiger partial charge >= 0.3 is 5.97 Å². The minimum atomic E-state index is -0.467. The van der Waals surface area contributed by atoms with E-state index in [4.69, 9.17) is 5.53 Å². The molecule has 1 aliphatic heterocycles. The van der Waals surface area contributed by atoms with Gasteiger partial charge in [-0.05, 0) is 18.5 Å². The monoisotopic (exact) mass is 170 g/mol. The molecule has 1 unspecified atom stereocenters. The maximum Gasteiger partial charge on any atom is 0.323 e. The largest absolute Gasteiger partial charge is 0.468 e. The molecular formula is C6H10N4O2. The minimum Gasteiger partial charge on any atom is -0.468 e. The molecule has 1 fully saturated rings. The second-order valence-corrected chi connectivity index (χ2v) is 2.52. The van der Waals surface area contributed by atoms with Gasteiger partial charge in [-0.15, -0.1) is 0 Å². The SMILES string of the molecule is COC(=O)[C@H]1NCCC1N=[N+]=[N-]. The predicted molar refractivity (Wildman–Crippen MR) is 41.4 cm³/mol. The summed E-state index contributed by atoms with van der Waals surface area (Å²) in [7, 11) is 1.31. The summed E-state index contributed by atoms with van der Waals surface area (Å²) < 4.78 is 4.53. The van der Waals surface area contributed by atoms with Crippen LogP contribution < -0.4 is 5.32 Å². The number of nitrogens with zero attached hydrogens (tertiary/aromatic N) is 3. The van der Waals surface area contributed by atoms with Crippen LogP contribution in [-0.2, 0) is 9.53 Å². The first-order valence-corrected chi connectivity index (χ1v) is 3.65. The van der Waals surface area contributed by atoms with E-state index in [-0.39, 0.29) is 12.0 Å². The average molecular weight is 170 g/mol. The molecule has 0 saturated carbocycles. The van der Waals surface area contributed by atoms with Gasteiger partial charge in [-0.1, -0.05) is 5.11 Å². The molecule has 66 valence electrons. The van der Waals surface area contributed by atoms with E-state index in [1.165, 1.54) is 7.11 Å². The highest BCUT2D eigenvalue weighted by molar-refractivity contribution is 5.77. The fourth-order valence-electron chi connectivity index (χ4n) is 1.25. The molecular weight excluding hydrogens is 160 g/mol. The van der Waals surface area contributed by atoms with E-state index in [0.717, 1.165) is 0 Å². The second kappa shape index (κ2) is 3.94. The summed E-state index contributed by atoms with van der Waals surface area (Å²) in [6.07, 6.45) is 0.684. The highest BCUT2D eigenvalue weighted by Gasteiger charge is 2.32. The molecule has 0 aromatic heterocycles. The molecule has 1 saturated heterocycles. The Morgan fingerprint density at radius 3 is 3.17 bits per heavy atom. The van der Waals surface area contributed by atoms with E-state index < -0.39 is 6.04 Å². The molecule has 0 radical (unpaired) electrons. The van der Waals surface area contributed by atoms with Crippen molar-refractivity contribution < 1.29 is 9.53 Å². The number of hydrogen-bond donors (Lipinski definition) is 1. The number of azide groups is 1. The third-order valence-electron chi connectivity index (χ3n) is 1.84. The van der Waals surface area contributed by atoms with Crippen LogP contribution in [0.1, 0.15) is 6.42 Å². The molecule has 1 heterocycles. The van der Waals surface area contributed by atoms with Gasteiger partial charge in [-0.3, -0.25) is 4.79 Å². The van der Waals surface area contributed by atoms with Crippen LogP contribution >= 0.6 is 0 Å². The van der Waals surface area contributed by atoms with E-state index in [1.807, 2.05) is 0 Å². The highest BCUT2D eigenvalue weighted by atomic mass is 16.5. The number of nitrogens with one attached hydrogen (secondary N) is 1. The summed E-state index contributed by atoms with van der Waals surface area (Å²) >= 11 is 0. The maximum absolute atomic E-state index is 11.0. The average Bonchev–Trinajstić information content (AvgIpc) is 2.52. The molecule has 0 amide bonds. The Kier molecular flexibility index (Phi) is 2.90. The van der Waals surface area contributed by atoms with Crippen LogP contribution in [0.5, 0.6) is 0 Å². The Balaban J connectivity index is 2.63. The van der Waals surface area contributed by atoms with Gasteiger partial charge in [0.15, 0.2) is 0 Å². The lowest BCUT2D eigenvalue weighted by Gasteiger charge is -2.11.